The second kappa shape index (κ2) is 12.5. The molecule has 0 atom stereocenters. The molecule has 0 aliphatic heterocycles. The third-order valence-electron chi connectivity index (χ3n) is 3.79. The summed E-state index contributed by atoms with van der Waals surface area (Å²) in [5, 5.41) is 0. The van der Waals surface area contributed by atoms with E-state index < -0.39 is 10.1 Å². The van der Waals surface area contributed by atoms with Gasteiger partial charge in [-0.25, -0.2) is 8.42 Å². The number of unbranched alkanes of at least 4 members (excludes halogenated alkanes) is 8. The van der Waals surface area contributed by atoms with Crippen molar-refractivity contribution in [3.63, 3.8) is 0 Å². The van der Waals surface area contributed by atoms with Crippen LogP contribution in [0.3, 0.4) is 0 Å². The van der Waals surface area contributed by atoms with E-state index in [2.05, 4.69) is 6.92 Å². The van der Waals surface area contributed by atoms with E-state index in [0.717, 1.165) is 12.8 Å². The molecule has 0 aliphatic carbocycles. The van der Waals surface area contributed by atoms with Crippen molar-refractivity contribution in [2.75, 3.05) is 0 Å². The molecule has 5 heteroatoms. The van der Waals surface area contributed by atoms with E-state index in [1.165, 1.54) is 51.0 Å². The summed E-state index contributed by atoms with van der Waals surface area (Å²) in [7, 11) is -4.34. The molecule has 1 rings (SSSR count). The van der Waals surface area contributed by atoms with Gasteiger partial charge in [-0.05, 0) is 24.5 Å². The Kier molecular flexibility index (Phi) is 12.6. The maximum absolute atomic E-state index is 11.2. The third-order valence-corrected chi connectivity index (χ3v) is 4.73. The van der Waals surface area contributed by atoms with Crippen LogP contribution in [0.1, 0.15) is 70.3 Å². The Hall–Kier alpha value is 0.130. The average Bonchev–Trinajstić information content (AvgIpc) is 2.45. The van der Waals surface area contributed by atoms with Crippen LogP contribution in [0.25, 0.3) is 0 Å². The molecule has 0 fully saturated rings. The van der Waals surface area contributed by atoms with Gasteiger partial charge in [0.05, 0.1) is 4.90 Å². The molecule has 0 saturated heterocycles. The monoisotopic (exact) mass is 334 g/mol. The van der Waals surface area contributed by atoms with Crippen LogP contribution in [0.2, 0.25) is 0 Å². The topological polar surface area (TPSA) is 57.2 Å². The molecule has 0 N–H and O–H groups in total. The number of aryl methyl sites for hydroxylation is 1. The minimum Gasteiger partial charge on any atom is -0.744 e. The minimum atomic E-state index is -4.34. The molecule has 3 nitrogen and oxygen atoms in total. The van der Waals surface area contributed by atoms with Crippen LogP contribution >= 0.6 is 0 Å². The summed E-state index contributed by atoms with van der Waals surface area (Å²) in [5.74, 6) is 0. The van der Waals surface area contributed by atoms with Crippen LogP contribution in [0, 0.1) is 0 Å². The molecule has 0 heterocycles. The van der Waals surface area contributed by atoms with Crippen molar-refractivity contribution in [1.82, 2.24) is 0 Å². The molecule has 0 aromatic heterocycles. The van der Waals surface area contributed by atoms with E-state index in [4.69, 9.17) is 0 Å². The van der Waals surface area contributed by atoms with Crippen molar-refractivity contribution in [2.24, 2.45) is 0 Å². The Labute approximate surface area is 157 Å². The fourth-order valence-electron chi connectivity index (χ4n) is 2.58. The van der Waals surface area contributed by atoms with Gasteiger partial charge in [-0.15, -0.1) is 0 Å². The maximum atomic E-state index is 11.2. The van der Waals surface area contributed by atoms with Crippen LogP contribution in [0.15, 0.2) is 29.2 Å². The molecular formula is C17H27NaO3S. The number of hydrogen-bond acceptors (Lipinski definition) is 3. The molecule has 0 unspecified atom stereocenters. The summed E-state index contributed by atoms with van der Waals surface area (Å²) in [5.41, 5.74) is 0.662. The molecule has 1 aromatic carbocycles. The Balaban J connectivity index is 0.00000441. The molecule has 0 saturated carbocycles. The van der Waals surface area contributed by atoms with Gasteiger partial charge in [0.2, 0.25) is 0 Å². The van der Waals surface area contributed by atoms with E-state index in [1.54, 1.807) is 18.2 Å². The van der Waals surface area contributed by atoms with Gasteiger partial charge < -0.3 is 4.55 Å². The molecule has 1 aromatic rings. The molecular weight excluding hydrogens is 307 g/mol. The van der Waals surface area contributed by atoms with E-state index >= 15 is 0 Å². The zero-order chi connectivity index (χ0) is 15.6. The molecule has 0 bridgehead atoms. The van der Waals surface area contributed by atoms with E-state index in [9.17, 15) is 13.0 Å². The van der Waals surface area contributed by atoms with Crippen molar-refractivity contribution < 1.29 is 42.5 Å². The summed E-state index contributed by atoms with van der Waals surface area (Å²) in [6.45, 7) is 2.22. The van der Waals surface area contributed by atoms with Gasteiger partial charge in [-0.2, -0.15) is 0 Å². The van der Waals surface area contributed by atoms with Crippen LogP contribution in [0.4, 0.5) is 0 Å². The predicted molar refractivity (Wildman–Crippen MR) is 85.3 cm³/mol. The van der Waals surface area contributed by atoms with Crippen molar-refractivity contribution in [3.05, 3.63) is 29.8 Å². The van der Waals surface area contributed by atoms with Gasteiger partial charge >= 0.3 is 29.6 Å². The van der Waals surface area contributed by atoms with Crippen LogP contribution in [-0.4, -0.2) is 13.0 Å². The van der Waals surface area contributed by atoms with E-state index in [1.807, 2.05) is 0 Å². The zero-order valence-electron chi connectivity index (χ0n) is 14.0. The van der Waals surface area contributed by atoms with Crippen molar-refractivity contribution in [3.8, 4) is 0 Å². The van der Waals surface area contributed by atoms with Gasteiger partial charge in [-0.3, -0.25) is 0 Å². The minimum absolute atomic E-state index is 0. The summed E-state index contributed by atoms with van der Waals surface area (Å²) < 4.78 is 33.5. The first-order valence-electron chi connectivity index (χ1n) is 8.09. The Morgan fingerprint density at radius 3 is 1.91 bits per heavy atom. The summed E-state index contributed by atoms with van der Waals surface area (Å²) in [6, 6.07) is 6.54. The molecule has 120 valence electrons. The smallest absolute Gasteiger partial charge is 0.744 e. The summed E-state index contributed by atoms with van der Waals surface area (Å²) in [4.78, 5) is -0.0513. The normalized spacial score (nSPS) is 11.2. The van der Waals surface area contributed by atoms with E-state index in [-0.39, 0.29) is 34.5 Å². The first-order chi connectivity index (χ1) is 10.1. The summed E-state index contributed by atoms with van der Waals surface area (Å²) in [6.07, 6.45) is 11.7. The molecule has 0 amide bonds. The van der Waals surface area contributed by atoms with Crippen LogP contribution < -0.4 is 29.6 Å². The average molecular weight is 334 g/mol. The largest absolute Gasteiger partial charge is 1.00 e. The van der Waals surface area contributed by atoms with Gasteiger partial charge in [0.15, 0.2) is 0 Å². The van der Waals surface area contributed by atoms with E-state index in [0.29, 0.717) is 12.0 Å². The molecule has 0 radical (unpaired) electrons. The second-order valence-electron chi connectivity index (χ2n) is 5.64. The Bertz CT molecular complexity index is 500. The Morgan fingerprint density at radius 1 is 0.864 bits per heavy atom. The molecule has 0 aliphatic rings. The van der Waals surface area contributed by atoms with Crippen molar-refractivity contribution >= 4 is 10.1 Å². The fourth-order valence-corrected chi connectivity index (χ4v) is 3.32. The predicted octanol–water partition coefficient (Wildman–Crippen LogP) is 1.67. The number of benzene rings is 1. The Morgan fingerprint density at radius 2 is 1.36 bits per heavy atom. The first-order valence-corrected chi connectivity index (χ1v) is 9.50. The van der Waals surface area contributed by atoms with Crippen LogP contribution in [0.5, 0.6) is 0 Å². The maximum Gasteiger partial charge on any atom is 1.00 e. The quantitative estimate of drug-likeness (QED) is 0.351. The SMILES string of the molecule is CCCCCCCCCCCc1ccccc1S(=O)(=O)[O-].[Na+]. The number of hydrogen-bond donors (Lipinski definition) is 0. The zero-order valence-corrected chi connectivity index (χ0v) is 16.8. The standard InChI is InChI=1S/C17H28O3S.Na/c1-2-3-4-5-6-7-8-9-10-13-16-14-11-12-15-17(16)21(18,19)20;/h11-12,14-15H,2-10,13H2,1H3,(H,18,19,20);/q;+1/p-1. The fraction of sp³-hybridized carbons (Fsp3) is 0.647. The first kappa shape index (κ1) is 22.1. The number of rotatable bonds is 11. The molecule has 0 spiro atoms. The van der Waals surface area contributed by atoms with Gasteiger partial charge in [0.1, 0.15) is 10.1 Å². The summed E-state index contributed by atoms with van der Waals surface area (Å²) >= 11 is 0. The van der Waals surface area contributed by atoms with Crippen molar-refractivity contribution in [2.45, 2.75) is 76.0 Å². The van der Waals surface area contributed by atoms with Crippen molar-refractivity contribution in [1.29, 1.82) is 0 Å². The van der Waals surface area contributed by atoms with Gasteiger partial charge in [0, 0.05) is 0 Å². The van der Waals surface area contributed by atoms with Crippen LogP contribution in [-0.2, 0) is 16.5 Å². The third kappa shape index (κ3) is 9.31. The van der Waals surface area contributed by atoms with Gasteiger partial charge in [-0.1, -0.05) is 76.5 Å². The second-order valence-corrected chi connectivity index (χ2v) is 6.99. The van der Waals surface area contributed by atoms with Gasteiger partial charge in [0.25, 0.3) is 0 Å². The molecule has 22 heavy (non-hydrogen) atoms.